The summed E-state index contributed by atoms with van der Waals surface area (Å²) in [6.45, 7) is 7.66. The number of aromatic nitrogens is 2. The Bertz CT molecular complexity index is 429. The number of nitrogens with two attached hydrogens (primary N) is 1. The van der Waals surface area contributed by atoms with Crippen molar-refractivity contribution >= 4 is 11.8 Å². The van der Waals surface area contributed by atoms with Crippen LogP contribution in [-0.2, 0) is 0 Å². The molecule has 2 N–H and O–H groups in total. The first-order valence-electron chi connectivity index (χ1n) is 7.09. The highest BCUT2D eigenvalue weighted by Gasteiger charge is 2.28. The van der Waals surface area contributed by atoms with Crippen LogP contribution in [-0.4, -0.2) is 58.8 Å². The molecule has 0 spiro atoms. The molecule has 6 heteroatoms. The van der Waals surface area contributed by atoms with E-state index in [4.69, 9.17) is 5.73 Å². The minimum Gasteiger partial charge on any atom is -0.368 e. The van der Waals surface area contributed by atoms with E-state index in [0.717, 1.165) is 32.0 Å². The summed E-state index contributed by atoms with van der Waals surface area (Å²) in [5, 5.41) is 5.03. The van der Waals surface area contributed by atoms with E-state index < -0.39 is 0 Å². The quantitative estimate of drug-likeness (QED) is 0.841. The summed E-state index contributed by atoms with van der Waals surface area (Å²) in [5.41, 5.74) is 5.64. The highest BCUT2D eigenvalue weighted by atomic mass is 15.6. The van der Waals surface area contributed by atoms with Gasteiger partial charge in [0.15, 0.2) is 0 Å². The van der Waals surface area contributed by atoms with E-state index in [9.17, 15) is 0 Å². The summed E-state index contributed by atoms with van der Waals surface area (Å²) in [5.74, 6) is 1.30. The lowest BCUT2D eigenvalue weighted by atomic mass is 10.2. The molecule has 1 atom stereocenters. The van der Waals surface area contributed by atoms with E-state index in [1.165, 1.54) is 19.4 Å². The number of rotatable bonds is 2. The van der Waals surface area contributed by atoms with Gasteiger partial charge < -0.3 is 10.6 Å². The van der Waals surface area contributed by atoms with Gasteiger partial charge in [0.1, 0.15) is 5.82 Å². The molecule has 1 unspecified atom stereocenters. The Labute approximate surface area is 114 Å². The van der Waals surface area contributed by atoms with Gasteiger partial charge in [0.25, 0.3) is 0 Å². The summed E-state index contributed by atoms with van der Waals surface area (Å²) >= 11 is 0. The first-order chi connectivity index (χ1) is 9.24. The summed E-state index contributed by atoms with van der Waals surface area (Å²) in [4.78, 5) is 10.5. The number of piperazine rings is 1. The number of nitrogens with zero attached hydrogens (tertiary/aromatic N) is 5. The molecular weight excluding hydrogens is 240 g/mol. The highest BCUT2D eigenvalue weighted by Crippen LogP contribution is 2.21. The molecule has 1 aromatic heterocycles. The third-order valence-corrected chi connectivity index (χ3v) is 4.12. The molecule has 2 aliphatic heterocycles. The Morgan fingerprint density at radius 3 is 2.63 bits per heavy atom. The predicted molar refractivity (Wildman–Crippen MR) is 75.6 cm³/mol. The van der Waals surface area contributed by atoms with Crippen LogP contribution in [0.1, 0.15) is 19.8 Å². The second kappa shape index (κ2) is 5.30. The molecule has 0 saturated carbocycles. The van der Waals surface area contributed by atoms with Gasteiger partial charge in [-0.3, -0.25) is 0 Å². The van der Waals surface area contributed by atoms with E-state index in [1.54, 1.807) is 6.20 Å². The minimum atomic E-state index is 0.355. The van der Waals surface area contributed by atoms with Gasteiger partial charge in [-0.1, -0.05) is 0 Å². The molecule has 3 rings (SSSR count). The number of hydrazine groups is 1. The van der Waals surface area contributed by atoms with Gasteiger partial charge in [-0.15, -0.1) is 0 Å². The zero-order valence-corrected chi connectivity index (χ0v) is 11.5. The Balaban J connectivity index is 1.60. The molecule has 1 aromatic rings. The fourth-order valence-corrected chi connectivity index (χ4v) is 3.06. The van der Waals surface area contributed by atoms with Gasteiger partial charge in [0, 0.05) is 45.0 Å². The second-order valence-corrected chi connectivity index (χ2v) is 5.37. The minimum absolute atomic E-state index is 0.355. The maximum Gasteiger partial charge on any atom is 0.221 e. The standard InChI is InChI=1S/C13H22N6/c1-11-3-2-6-19(11)18-9-7-17(8-10-18)12-4-5-15-13(14)16-12/h4-5,11H,2-3,6-10H2,1H3,(H2,14,15,16). The van der Waals surface area contributed by atoms with Gasteiger partial charge >= 0.3 is 0 Å². The van der Waals surface area contributed by atoms with Gasteiger partial charge in [0.2, 0.25) is 5.95 Å². The Morgan fingerprint density at radius 1 is 1.21 bits per heavy atom. The smallest absolute Gasteiger partial charge is 0.221 e. The van der Waals surface area contributed by atoms with Gasteiger partial charge in [0.05, 0.1) is 0 Å². The lowest BCUT2D eigenvalue weighted by molar-refractivity contribution is -0.0353. The zero-order chi connectivity index (χ0) is 13.2. The number of anilines is 2. The molecule has 0 aliphatic carbocycles. The normalized spacial score (nSPS) is 25.9. The number of nitrogen functional groups attached to an aromatic ring is 1. The lowest BCUT2D eigenvalue weighted by Crippen LogP contribution is -2.54. The summed E-state index contributed by atoms with van der Waals surface area (Å²) in [6, 6.07) is 2.63. The molecule has 19 heavy (non-hydrogen) atoms. The highest BCUT2D eigenvalue weighted by molar-refractivity contribution is 5.41. The van der Waals surface area contributed by atoms with Crippen LogP contribution in [0.4, 0.5) is 11.8 Å². The van der Waals surface area contributed by atoms with Crippen molar-refractivity contribution in [2.45, 2.75) is 25.8 Å². The first-order valence-corrected chi connectivity index (χ1v) is 7.09. The number of hydrogen-bond donors (Lipinski definition) is 1. The molecule has 0 radical (unpaired) electrons. The van der Waals surface area contributed by atoms with Crippen LogP contribution in [0, 0.1) is 0 Å². The maximum atomic E-state index is 5.64. The third-order valence-electron chi connectivity index (χ3n) is 4.12. The number of hydrogen-bond acceptors (Lipinski definition) is 6. The zero-order valence-electron chi connectivity index (χ0n) is 11.5. The molecule has 6 nitrogen and oxygen atoms in total. The fraction of sp³-hybridized carbons (Fsp3) is 0.692. The molecule has 2 saturated heterocycles. The van der Waals surface area contributed by atoms with Crippen LogP contribution in [0.2, 0.25) is 0 Å². The van der Waals surface area contributed by atoms with Crippen molar-refractivity contribution in [3.63, 3.8) is 0 Å². The Kier molecular flexibility index (Phi) is 3.52. The van der Waals surface area contributed by atoms with E-state index in [0.29, 0.717) is 12.0 Å². The van der Waals surface area contributed by atoms with Crippen molar-refractivity contribution in [1.29, 1.82) is 0 Å². The van der Waals surface area contributed by atoms with Gasteiger partial charge in [-0.25, -0.2) is 15.0 Å². The van der Waals surface area contributed by atoms with Crippen molar-refractivity contribution < 1.29 is 0 Å². The van der Waals surface area contributed by atoms with Crippen molar-refractivity contribution in [2.24, 2.45) is 0 Å². The van der Waals surface area contributed by atoms with E-state index in [-0.39, 0.29) is 0 Å². The molecule has 0 aromatic carbocycles. The maximum absolute atomic E-state index is 5.64. The molecule has 3 heterocycles. The Hall–Kier alpha value is -1.40. The monoisotopic (exact) mass is 262 g/mol. The predicted octanol–water partition coefficient (Wildman–Crippen LogP) is 0.580. The molecular formula is C13H22N6. The largest absolute Gasteiger partial charge is 0.368 e. The molecule has 2 aliphatic rings. The van der Waals surface area contributed by atoms with Crippen molar-refractivity contribution in [3.8, 4) is 0 Å². The van der Waals surface area contributed by atoms with Crippen molar-refractivity contribution in [2.75, 3.05) is 43.4 Å². The lowest BCUT2D eigenvalue weighted by Gasteiger charge is -2.41. The third kappa shape index (κ3) is 2.64. The average Bonchev–Trinajstić information content (AvgIpc) is 2.85. The summed E-state index contributed by atoms with van der Waals surface area (Å²) in [7, 11) is 0. The summed E-state index contributed by atoms with van der Waals surface area (Å²) < 4.78 is 0. The van der Waals surface area contributed by atoms with Crippen LogP contribution in [0.15, 0.2) is 12.3 Å². The van der Waals surface area contributed by atoms with Crippen molar-refractivity contribution in [1.82, 2.24) is 20.0 Å². The van der Waals surface area contributed by atoms with Crippen LogP contribution < -0.4 is 10.6 Å². The SMILES string of the molecule is CC1CCCN1N1CCN(c2ccnc(N)n2)CC1. The van der Waals surface area contributed by atoms with Gasteiger partial charge in [-0.2, -0.15) is 4.98 Å². The molecule has 0 amide bonds. The first kappa shape index (κ1) is 12.6. The van der Waals surface area contributed by atoms with Crippen LogP contribution in [0.5, 0.6) is 0 Å². The van der Waals surface area contributed by atoms with E-state index in [2.05, 4.69) is 31.8 Å². The van der Waals surface area contributed by atoms with Crippen LogP contribution in [0.25, 0.3) is 0 Å². The van der Waals surface area contributed by atoms with E-state index in [1.807, 2.05) is 6.07 Å². The Morgan fingerprint density at radius 2 is 2.00 bits per heavy atom. The van der Waals surface area contributed by atoms with E-state index >= 15 is 0 Å². The van der Waals surface area contributed by atoms with Crippen molar-refractivity contribution in [3.05, 3.63) is 12.3 Å². The molecule has 104 valence electrons. The average molecular weight is 262 g/mol. The van der Waals surface area contributed by atoms with Crippen LogP contribution in [0.3, 0.4) is 0 Å². The summed E-state index contributed by atoms with van der Waals surface area (Å²) in [6.07, 6.45) is 4.37. The van der Waals surface area contributed by atoms with Crippen LogP contribution >= 0.6 is 0 Å². The fourth-order valence-electron chi connectivity index (χ4n) is 3.06. The topological polar surface area (TPSA) is 61.5 Å². The second-order valence-electron chi connectivity index (χ2n) is 5.37. The molecule has 0 bridgehead atoms. The van der Waals surface area contributed by atoms with Gasteiger partial charge in [-0.05, 0) is 25.8 Å². The molecule has 2 fully saturated rings.